The van der Waals surface area contributed by atoms with Gasteiger partial charge in [-0.1, -0.05) is 12.1 Å². The summed E-state index contributed by atoms with van der Waals surface area (Å²) < 4.78 is 12.2. The summed E-state index contributed by atoms with van der Waals surface area (Å²) in [4.78, 5) is 0. The molecule has 1 aromatic rings. The minimum atomic E-state index is -0.367. The van der Waals surface area contributed by atoms with Crippen molar-refractivity contribution in [2.45, 2.75) is 45.8 Å². The smallest absolute Gasteiger partial charge is 0.400 e. The summed E-state index contributed by atoms with van der Waals surface area (Å²) in [6.45, 7) is 10.3. The molecule has 0 saturated carbocycles. The number of nitrogen functional groups attached to an aromatic ring is 1. The van der Waals surface area contributed by atoms with Gasteiger partial charge in [0, 0.05) is 11.4 Å². The summed E-state index contributed by atoms with van der Waals surface area (Å²) in [7, 11) is -0.367. The molecule has 1 aliphatic rings. The molecule has 0 spiro atoms. The van der Waals surface area contributed by atoms with Gasteiger partial charge in [0.15, 0.2) is 0 Å². The van der Waals surface area contributed by atoms with Gasteiger partial charge < -0.3 is 15.0 Å². The number of thiol groups is 1. The van der Waals surface area contributed by atoms with Crippen LogP contribution in [0.15, 0.2) is 23.7 Å². The second kappa shape index (κ2) is 5.71. The molecule has 0 bridgehead atoms. The van der Waals surface area contributed by atoms with Crippen LogP contribution in [-0.2, 0) is 9.31 Å². The minimum absolute atomic E-state index is 0.343. The summed E-state index contributed by atoms with van der Waals surface area (Å²) in [6, 6.07) is 5.88. The van der Waals surface area contributed by atoms with Gasteiger partial charge in [-0.25, -0.2) is 0 Å². The molecular formula is C16H24BNO2S. The van der Waals surface area contributed by atoms with Crippen molar-refractivity contribution in [1.82, 2.24) is 0 Å². The van der Waals surface area contributed by atoms with E-state index in [9.17, 15) is 0 Å². The molecule has 21 heavy (non-hydrogen) atoms. The highest BCUT2D eigenvalue weighted by Crippen LogP contribution is 2.39. The molecule has 0 atom stereocenters. The average molecular weight is 305 g/mol. The summed E-state index contributed by atoms with van der Waals surface area (Å²) in [5, 5.41) is 0. The molecular weight excluding hydrogens is 281 g/mol. The Balaban J connectivity index is 2.33. The SMILES string of the molecule is Cc1ccc(N)cc1C=C(CS)B1OC(C)(C)C(C)(C)O1. The van der Waals surface area contributed by atoms with Crippen LogP contribution in [0.1, 0.15) is 38.8 Å². The van der Waals surface area contributed by atoms with Crippen molar-refractivity contribution in [3.05, 3.63) is 34.8 Å². The zero-order valence-electron chi connectivity index (χ0n) is 13.4. The van der Waals surface area contributed by atoms with E-state index in [0.717, 1.165) is 16.7 Å². The van der Waals surface area contributed by atoms with E-state index < -0.39 is 0 Å². The molecule has 3 nitrogen and oxygen atoms in total. The summed E-state index contributed by atoms with van der Waals surface area (Å²) in [5.41, 5.74) is 9.19. The first-order valence-corrected chi connectivity index (χ1v) is 7.82. The Morgan fingerprint density at radius 3 is 2.33 bits per heavy atom. The molecule has 0 radical (unpaired) electrons. The van der Waals surface area contributed by atoms with Crippen molar-refractivity contribution in [2.24, 2.45) is 0 Å². The Kier molecular flexibility index (Phi) is 4.48. The fourth-order valence-electron chi connectivity index (χ4n) is 2.20. The van der Waals surface area contributed by atoms with Crippen molar-refractivity contribution in [3.8, 4) is 0 Å². The molecule has 0 unspecified atom stereocenters. The Hall–Kier alpha value is -0.905. The lowest BCUT2D eigenvalue weighted by molar-refractivity contribution is 0.00578. The van der Waals surface area contributed by atoms with E-state index in [2.05, 4.69) is 53.3 Å². The largest absolute Gasteiger partial charge is 0.491 e. The van der Waals surface area contributed by atoms with Gasteiger partial charge in [-0.05, 0) is 63.4 Å². The van der Waals surface area contributed by atoms with E-state index in [4.69, 9.17) is 15.0 Å². The summed E-state index contributed by atoms with van der Waals surface area (Å²) in [5.74, 6) is 0.574. The fraction of sp³-hybridized carbons (Fsp3) is 0.500. The maximum absolute atomic E-state index is 6.09. The molecule has 1 aromatic carbocycles. The standard InChI is InChI=1S/C16H24BNO2S/c1-11-6-7-14(18)9-12(11)8-13(10-21)17-19-15(2,3)16(4,5)20-17/h6-9,21H,10,18H2,1-5H3. The Bertz CT molecular complexity index is 553. The maximum Gasteiger partial charge on any atom is 0.491 e. The summed E-state index contributed by atoms with van der Waals surface area (Å²) >= 11 is 4.44. The van der Waals surface area contributed by atoms with Crippen molar-refractivity contribution in [3.63, 3.8) is 0 Å². The first-order chi connectivity index (χ1) is 9.66. The highest BCUT2D eigenvalue weighted by Gasteiger charge is 2.52. The van der Waals surface area contributed by atoms with Crippen LogP contribution in [0.2, 0.25) is 0 Å². The molecule has 114 valence electrons. The maximum atomic E-state index is 6.09. The van der Waals surface area contributed by atoms with Crippen LogP contribution in [0, 0.1) is 6.92 Å². The van der Waals surface area contributed by atoms with Gasteiger partial charge in [0.25, 0.3) is 0 Å². The van der Waals surface area contributed by atoms with Crippen molar-refractivity contribution in [2.75, 3.05) is 11.5 Å². The first kappa shape index (κ1) is 16.5. The van der Waals surface area contributed by atoms with Gasteiger partial charge in [0.1, 0.15) is 0 Å². The molecule has 1 heterocycles. The van der Waals surface area contributed by atoms with Crippen LogP contribution < -0.4 is 5.73 Å². The van der Waals surface area contributed by atoms with Crippen molar-refractivity contribution < 1.29 is 9.31 Å². The van der Waals surface area contributed by atoms with Crippen LogP contribution in [0.3, 0.4) is 0 Å². The monoisotopic (exact) mass is 305 g/mol. The Morgan fingerprint density at radius 2 is 1.81 bits per heavy atom. The van der Waals surface area contributed by atoms with Crippen LogP contribution >= 0.6 is 12.6 Å². The zero-order chi connectivity index (χ0) is 15.8. The molecule has 0 aliphatic carbocycles. The lowest BCUT2D eigenvalue weighted by atomic mass is 9.78. The van der Waals surface area contributed by atoms with Crippen molar-refractivity contribution >= 4 is 31.5 Å². The van der Waals surface area contributed by atoms with Crippen LogP contribution in [0.5, 0.6) is 0 Å². The quantitative estimate of drug-likeness (QED) is 0.510. The molecule has 1 saturated heterocycles. The number of hydrogen-bond acceptors (Lipinski definition) is 4. The molecule has 1 fully saturated rings. The predicted octanol–water partition coefficient (Wildman–Crippen LogP) is 3.52. The highest BCUT2D eigenvalue weighted by molar-refractivity contribution is 7.80. The molecule has 5 heteroatoms. The van der Waals surface area contributed by atoms with E-state index in [0.29, 0.717) is 5.75 Å². The topological polar surface area (TPSA) is 44.5 Å². The van der Waals surface area contributed by atoms with E-state index >= 15 is 0 Å². The van der Waals surface area contributed by atoms with Gasteiger partial charge in [-0.15, -0.1) is 0 Å². The fourth-order valence-corrected chi connectivity index (χ4v) is 2.44. The third kappa shape index (κ3) is 3.30. The van der Waals surface area contributed by atoms with E-state index in [1.165, 1.54) is 5.56 Å². The van der Waals surface area contributed by atoms with E-state index in [1.807, 2.05) is 18.2 Å². The number of hydrogen-bond donors (Lipinski definition) is 2. The van der Waals surface area contributed by atoms with Crippen LogP contribution in [-0.4, -0.2) is 24.1 Å². The second-order valence-corrected chi connectivity index (χ2v) is 6.90. The van der Waals surface area contributed by atoms with Crippen LogP contribution in [0.25, 0.3) is 6.08 Å². The number of aryl methyl sites for hydroxylation is 1. The molecule has 0 amide bonds. The first-order valence-electron chi connectivity index (χ1n) is 7.19. The lowest BCUT2D eigenvalue weighted by Crippen LogP contribution is -2.41. The highest BCUT2D eigenvalue weighted by atomic mass is 32.1. The zero-order valence-corrected chi connectivity index (χ0v) is 14.3. The van der Waals surface area contributed by atoms with E-state index in [-0.39, 0.29) is 18.3 Å². The molecule has 2 N–H and O–H groups in total. The lowest BCUT2D eigenvalue weighted by Gasteiger charge is -2.32. The number of anilines is 1. The molecule has 2 rings (SSSR count). The second-order valence-electron chi connectivity index (χ2n) is 6.58. The predicted molar refractivity (Wildman–Crippen MR) is 93.5 cm³/mol. The third-order valence-electron chi connectivity index (χ3n) is 4.38. The van der Waals surface area contributed by atoms with Gasteiger partial charge in [-0.2, -0.15) is 12.6 Å². The number of nitrogens with two attached hydrogens (primary N) is 1. The Labute approximate surface area is 133 Å². The number of rotatable bonds is 3. The van der Waals surface area contributed by atoms with Gasteiger partial charge in [0.2, 0.25) is 0 Å². The van der Waals surface area contributed by atoms with E-state index in [1.54, 1.807) is 0 Å². The van der Waals surface area contributed by atoms with Gasteiger partial charge in [0.05, 0.1) is 11.2 Å². The third-order valence-corrected chi connectivity index (χ3v) is 4.75. The van der Waals surface area contributed by atoms with Crippen molar-refractivity contribution in [1.29, 1.82) is 0 Å². The molecule has 0 aromatic heterocycles. The Morgan fingerprint density at radius 1 is 1.24 bits per heavy atom. The minimum Gasteiger partial charge on any atom is -0.400 e. The molecule has 1 aliphatic heterocycles. The average Bonchev–Trinajstić information content (AvgIpc) is 2.59. The van der Waals surface area contributed by atoms with Gasteiger partial charge in [-0.3, -0.25) is 0 Å². The normalized spacial score (nSPS) is 20.9. The van der Waals surface area contributed by atoms with Gasteiger partial charge >= 0.3 is 7.12 Å². The van der Waals surface area contributed by atoms with Crippen LogP contribution in [0.4, 0.5) is 5.69 Å². The summed E-state index contributed by atoms with van der Waals surface area (Å²) in [6.07, 6.45) is 2.07. The number of benzene rings is 1.